The van der Waals surface area contributed by atoms with E-state index in [0.29, 0.717) is 11.8 Å². The maximum Gasteiger partial charge on any atom is 0.261 e. The van der Waals surface area contributed by atoms with Crippen LogP contribution in [0.1, 0.15) is 66.2 Å². The number of aliphatic hydroxyl groups is 1. The van der Waals surface area contributed by atoms with Crippen molar-refractivity contribution in [2.45, 2.75) is 83.5 Å². The Morgan fingerprint density at radius 1 is 1.00 bits per heavy atom. The van der Waals surface area contributed by atoms with Crippen molar-refractivity contribution in [1.29, 1.82) is 0 Å². The fourth-order valence-corrected chi connectivity index (χ4v) is 12.5. The predicted molar refractivity (Wildman–Crippen MR) is 155 cm³/mol. The lowest BCUT2D eigenvalue weighted by Crippen LogP contribution is -2.68. The molecule has 36 heavy (non-hydrogen) atoms. The van der Waals surface area contributed by atoms with Gasteiger partial charge in [-0.1, -0.05) is 101 Å². The fourth-order valence-electron chi connectivity index (χ4n) is 7.74. The number of hydrogen-bond acceptors (Lipinski definition) is 2. The second-order valence-corrected chi connectivity index (χ2v) is 16.6. The second-order valence-electron chi connectivity index (χ2n) is 12.4. The van der Waals surface area contributed by atoms with E-state index in [1.165, 1.54) is 23.2 Å². The van der Waals surface area contributed by atoms with E-state index in [9.17, 15) is 5.11 Å². The highest BCUT2D eigenvalue weighted by Crippen LogP contribution is 2.61. The molecule has 0 spiro atoms. The topological polar surface area (TPSA) is 29.5 Å². The minimum Gasteiger partial charge on any atom is -0.404 e. The third-order valence-electron chi connectivity index (χ3n) is 9.43. The Balaban J connectivity index is 1.87. The van der Waals surface area contributed by atoms with Crippen LogP contribution in [0, 0.1) is 23.2 Å². The maximum atomic E-state index is 11.3. The summed E-state index contributed by atoms with van der Waals surface area (Å²) in [4.78, 5) is 0. The van der Waals surface area contributed by atoms with Crippen molar-refractivity contribution in [1.82, 2.24) is 0 Å². The normalized spacial score (nSPS) is 29.4. The molecule has 2 aliphatic carbocycles. The molecule has 1 unspecified atom stereocenters. The van der Waals surface area contributed by atoms with E-state index in [4.69, 9.17) is 4.43 Å². The van der Waals surface area contributed by atoms with Gasteiger partial charge in [-0.2, -0.15) is 0 Å². The Hall–Kier alpha value is -1.94. The molecular formula is C33H46O2Si. The lowest BCUT2D eigenvalue weighted by Gasteiger charge is -2.52. The van der Waals surface area contributed by atoms with Crippen LogP contribution in [-0.4, -0.2) is 25.6 Å². The first-order valence-electron chi connectivity index (χ1n) is 13.9. The molecule has 2 saturated carbocycles. The van der Waals surface area contributed by atoms with E-state index >= 15 is 0 Å². The highest BCUT2D eigenvalue weighted by atomic mass is 28.4. The Labute approximate surface area is 220 Å². The summed E-state index contributed by atoms with van der Waals surface area (Å²) in [6.07, 6.45) is 10.2. The zero-order chi connectivity index (χ0) is 26.0. The van der Waals surface area contributed by atoms with Crippen molar-refractivity contribution < 1.29 is 9.53 Å². The van der Waals surface area contributed by atoms with E-state index in [2.05, 4.69) is 108 Å². The SMILES string of the molecule is C=CCC[C@@]12CC[C@@H](C)[C@@H](C(O)C=C)[C@@H]1[C@@H](O[Si](c1ccccc1)(c1ccccc1)C(C)(C)C)CC2. The molecule has 2 fully saturated rings. The summed E-state index contributed by atoms with van der Waals surface area (Å²) in [7, 11) is -2.68. The van der Waals surface area contributed by atoms with Crippen molar-refractivity contribution in [3.05, 3.63) is 86.0 Å². The molecule has 0 radical (unpaired) electrons. The van der Waals surface area contributed by atoms with E-state index in [-0.39, 0.29) is 22.5 Å². The number of rotatable bonds is 9. The van der Waals surface area contributed by atoms with Crippen LogP contribution in [0.2, 0.25) is 5.04 Å². The van der Waals surface area contributed by atoms with Gasteiger partial charge >= 0.3 is 0 Å². The van der Waals surface area contributed by atoms with Gasteiger partial charge in [0.05, 0.1) is 6.10 Å². The van der Waals surface area contributed by atoms with Gasteiger partial charge in [-0.05, 0) is 77.1 Å². The summed E-state index contributed by atoms with van der Waals surface area (Å²) in [6, 6.07) is 22.0. The molecule has 0 bridgehead atoms. The Morgan fingerprint density at radius 2 is 1.56 bits per heavy atom. The van der Waals surface area contributed by atoms with Crippen molar-refractivity contribution in [2.75, 3.05) is 0 Å². The molecule has 194 valence electrons. The van der Waals surface area contributed by atoms with Gasteiger partial charge in [0, 0.05) is 6.10 Å². The molecule has 0 heterocycles. The van der Waals surface area contributed by atoms with Crippen LogP contribution in [0.4, 0.5) is 0 Å². The van der Waals surface area contributed by atoms with E-state index in [1.54, 1.807) is 6.08 Å². The molecule has 2 aromatic rings. The molecule has 4 rings (SSSR count). The molecule has 0 amide bonds. The molecular weight excluding hydrogens is 456 g/mol. The largest absolute Gasteiger partial charge is 0.404 e. The smallest absolute Gasteiger partial charge is 0.261 e. The standard InChI is InChI=1S/C33H46O2Si/c1-7-9-22-33-23-20-25(3)30(28(34)8-2)31(33)29(21-24-33)35-36(32(4,5)6,26-16-12-10-13-17-26)27-18-14-11-15-19-27/h7-8,10-19,25,28-31,34H,1-2,9,20-24H2,3-6H3/t25-,28?,29+,30+,31+,33+/m1/s1. The number of hydrogen-bond donors (Lipinski definition) is 1. The highest BCUT2D eigenvalue weighted by Gasteiger charge is 2.60. The van der Waals surface area contributed by atoms with Gasteiger partial charge < -0.3 is 9.53 Å². The number of fused-ring (bicyclic) bond motifs is 1. The molecule has 2 nitrogen and oxygen atoms in total. The van der Waals surface area contributed by atoms with Gasteiger partial charge in [0.25, 0.3) is 8.32 Å². The minimum atomic E-state index is -2.68. The highest BCUT2D eigenvalue weighted by molar-refractivity contribution is 6.99. The molecule has 2 aromatic carbocycles. The molecule has 0 aromatic heterocycles. The van der Waals surface area contributed by atoms with Gasteiger partial charge in [0.1, 0.15) is 0 Å². The maximum absolute atomic E-state index is 11.3. The van der Waals surface area contributed by atoms with Crippen molar-refractivity contribution in [3.63, 3.8) is 0 Å². The lowest BCUT2D eigenvalue weighted by atomic mass is 9.56. The first kappa shape index (κ1) is 27.1. The van der Waals surface area contributed by atoms with E-state index in [1.807, 2.05) is 0 Å². The van der Waals surface area contributed by atoms with E-state index < -0.39 is 14.4 Å². The van der Waals surface area contributed by atoms with Crippen molar-refractivity contribution in [2.24, 2.45) is 23.2 Å². The monoisotopic (exact) mass is 502 g/mol. The summed E-state index contributed by atoms with van der Waals surface area (Å²) in [5.74, 6) is 0.936. The number of aliphatic hydroxyl groups excluding tert-OH is 1. The molecule has 6 atom stereocenters. The predicted octanol–water partition coefficient (Wildman–Crippen LogP) is 6.89. The van der Waals surface area contributed by atoms with Gasteiger partial charge in [-0.3, -0.25) is 0 Å². The number of allylic oxidation sites excluding steroid dienone is 1. The van der Waals surface area contributed by atoms with Crippen LogP contribution in [0.5, 0.6) is 0 Å². The lowest BCUT2D eigenvalue weighted by molar-refractivity contribution is -0.0647. The van der Waals surface area contributed by atoms with Crippen LogP contribution in [-0.2, 0) is 4.43 Å². The quantitative estimate of drug-likeness (QED) is 0.299. The molecule has 3 heteroatoms. The van der Waals surface area contributed by atoms with E-state index in [0.717, 1.165) is 25.7 Å². The van der Waals surface area contributed by atoms with Crippen molar-refractivity contribution >= 4 is 18.7 Å². The van der Waals surface area contributed by atoms with Crippen molar-refractivity contribution in [3.8, 4) is 0 Å². The third kappa shape index (κ3) is 4.71. The molecule has 0 saturated heterocycles. The first-order valence-corrected chi connectivity index (χ1v) is 15.8. The number of benzene rings is 2. The summed E-state index contributed by atoms with van der Waals surface area (Å²) in [5.41, 5.74) is 0.200. The van der Waals surface area contributed by atoms with Crippen LogP contribution in [0.3, 0.4) is 0 Å². The fraction of sp³-hybridized carbons (Fsp3) is 0.515. The average molecular weight is 503 g/mol. The summed E-state index contributed by atoms with van der Waals surface area (Å²) >= 11 is 0. The Bertz CT molecular complexity index is 971. The third-order valence-corrected chi connectivity index (χ3v) is 14.5. The van der Waals surface area contributed by atoms with Crippen LogP contribution in [0.25, 0.3) is 0 Å². The van der Waals surface area contributed by atoms with Crippen LogP contribution in [0.15, 0.2) is 86.0 Å². The Morgan fingerprint density at radius 3 is 2.06 bits per heavy atom. The first-order chi connectivity index (χ1) is 17.2. The van der Waals surface area contributed by atoms with Crippen LogP contribution < -0.4 is 10.4 Å². The molecule has 2 aliphatic rings. The minimum absolute atomic E-state index is 0.0606. The summed E-state index contributed by atoms with van der Waals surface area (Å²) in [6.45, 7) is 17.5. The van der Waals surface area contributed by atoms with Gasteiger partial charge in [-0.15, -0.1) is 13.2 Å². The summed E-state index contributed by atoms with van der Waals surface area (Å²) in [5, 5.41) is 13.9. The van der Waals surface area contributed by atoms with Gasteiger partial charge in [0.2, 0.25) is 0 Å². The molecule has 0 aliphatic heterocycles. The van der Waals surface area contributed by atoms with Gasteiger partial charge in [0.15, 0.2) is 0 Å². The zero-order valence-corrected chi connectivity index (χ0v) is 23.8. The summed E-state index contributed by atoms with van der Waals surface area (Å²) < 4.78 is 7.75. The second kappa shape index (κ2) is 10.8. The zero-order valence-electron chi connectivity index (χ0n) is 22.8. The van der Waals surface area contributed by atoms with Gasteiger partial charge in [-0.25, -0.2) is 0 Å². The van der Waals surface area contributed by atoms with Crippen LogP contribution >= 0.6 is 0 Å². The Kier molecular flexibility index (Phi) is 8.14. The average Bonchev–Trinajstić information content (AvgIpc) is 3.24. The molecule has 1 N–H and O–H groups in total.